The van der Waals surface area contributed by atoms with Crippen LogP contribution in [0.4, 0.5) is 0 Å². The quantitative estimate of drug-likeness (QED) is 0.847. The van der Waals surface area contributed by atoms with Gasteiger partial charge in [-0.15, -0.1) is 0 Å². The van der Waals surface area contributed by atoms with Crippen molar-refractivity contribution in [3.8, 4) is 6.07 Å². The smallest absolute Gasteiger partial charge is 0.336 e. The third-order valence-corrected chi connectivity index (χ3v) is 3.59. The van der Waals surface area contributed by atoms with Gasteiger partial charge in [-0.1, -0.05) is 37.5 Å². The van der Waals surface area contributed by atoms with Gasteiger partial charge < -0.3 is 5.11 Å². The van der Waals surface area contributed by atoms with Crippen molar-refractivity contribution in [2.24, 2.45) is 0 Å². The van der Waals surface area contributed by atoms with Crippen LogP contribution < -0.4 is 0 Å². The third-order valence-electron chi connectivity index (χ3n) is 3.59. The Balaban J connectivity index is 2.51. The van der Waals surface area contributed by atoms with Gasteiger partial charge in [-0.25, -0.2) is 4.79 Å². The van der Waals surface area contributed by atoms with Gasteiger partial charge in [-0.3, -0.25) is 0 Å². The molecule has 0 amide bonds. The minimum absolute atomic E-state index is 0.274. The Bertz CT molecular complexity index is 467. The summed E-state index contributed by atoms with van der Waals surface area (Å²) in [6, 6.07) is 9.27. The molecule has 0 heterocycles. The molecule has 0 bridgehead atoms. The normalized spacial score (nSPS) is 18.3. The number of hydrogen-bond acceptors (Lipinski definition) is 2. The van der Waals surface area contributed by atoms with Gasteiger partial charge in [-0.2, -0.15) is 5.26 Å². The molecule has 1 saturated carbocycles. The van der Waals surface area contributed by atoms with Crippen LogP contribution in [-0.4, -0.2) is 11.1 Å². The van der Waals surface area contributed by atoms with E-state index in [0.717, 1.165) is 32.1 Å². The second kappa shape index (κ2) is 4.58. The summed E-state index contributed by atoms with van der Waals surface area (Å²) in [6.07, 6.45) is 4.68. The van der Waals surface area contributed by atoms with Crippen molar-refractivity contribution in [2.45, 2.75) is 37.5 Å². The summed E-state index contributed by atoms with van der Waals surface area (Å²) >= 11 is 0. The van der Waals surface area contributed by atoms with E-state index in [9.17, 15) is 15.2 Å². The topological polar surface area (TPSA) is 61.1 Å². The van der Waals surface area contributed by atoms with Gasteiger partial charge in [0.2, 0.25) is 0 Å². The molecule has 0 aliphatic heterocycles. The number of carboxylic acid groups (broad SMARTS) is 1. The fraction of sp³-hybridized carbons (Fsp3) is 0.429. The number of carboxylic acids is 1. The molecule has 3 nitrogen and oxygen atoms in total. The zero-order valence-corrected chi connectivity index (χ0v) is 9.65. The van der Waals surface area contributed by atoms with Crippen LogP contribution in [0, 0.1) is 11.3 Å². The molecule has 3 heteroatoms. The molecule has 1 aromatic rings. The molecule has 1 aliphatic carbocycles. The van der Waals surface area contributed by atoms with E-state index in [1.54, 1.807) is 18.2 Å². The van der Waals surface area contributed by atoms with E-state index in [1.807, 2.05) is 6.07 Å². The molecule has 0 spiro atoms. The highest BCUT2D eigenvalue weighted by atomic mass is 16.4. The summed E-state index contributed by atoms with van der Waals surface area (Å²) < 4.78 is 0. The standard InChI is InChI=1S/C14H15NO2/c15-10-14(8-4-1-5-9-14)12-7-3-2-6-11(12)13(16)17/h2-3,6-7H,1,4-5,8-9H2,(H,16,17). The predicted molar refractivity (Wildman–Crippen MR) is 63.8 cm³/mol. The van der Waals surface area contributed by atoms with Crippen molar-refractivity contribution < 1.29 is 9.90 Å². The Hall–Kier alpha value is -1.82. The highest BCUT2D eigenvalue weighted by Crippen LogP contribution is 2.40. The Morgan fingerprint density at radius 2 is 1.88 bits per heavy atom. The Kier molecular flexibility index (Phi) is 3.14. The zero-order chi connectivity index (χ0) is 12.3. The average molecular weight is 229 g/mol. The lowest BCUT2D eigenvalue weighted by Gasteiger charge is -2.32. The summed E-state index contributed by atoms with van der Waals surface area (Å²) in [4.78, 5) is 11.2. The van der Waals surface area contributed by atoms with Crippen LogP contribution in [-0.2, 0) is 5.41 Å². The van der Waals surface area contributed by atoms with Crippen molar-refractivity contribution in [3.05, 3.63) is 35.4 Å². The monoisotopic (exact) mass is 229 g/mol. The lowest BCUT2D eigenvalue weighted by atomic mass is 9.69. The van der Waals surface area contributed by atoms with Crippen LogP contribution in [0.15, 0.2) is 24.3 Å². The molecule has 0 atom stereocenters. The first kappa shape index (κ1) is 11.7. The number of benzene rings is 1. The summed E-state index contributed by atoms with van der Waals surface area (Å²) in [5, 5.41) is 18.7. The van der Waals surface area contributed by atoms with E-state index >= 15 is 0 Å². The van der Waals surface area contributed by atoms with Crippen LogP contribution in [0.5, 0.6) is 0 Å². The van der Waals surface area contributed by atoms with Gasteiger partial charge in [0.1, 0.15) is 0 Å². The SMILES string of the molecule is N#CC1(c2ccccc2C(=O)O)CCCCC1. The lowest BCUT2D eigenvalue weighted by molar-refractivity contribution is 0.0693. The van der Waals surface area contributed by atoms with Gasteiger partial charge in [-0.05, 0) is 24.5 Å². The largest absolute Gasteiger partial charge is 0.478 e. The van der Waals surface area contributed by atoms with Crippen molar-refractivity contribution in [3.63, 3.8) is 0 Å². The van der Waals surface area contributed by atoms with E-state index in [0.29, 0.717) is 5.56 Å². The first-order chi connectivity index (χ1) is 8.19. The van der Waals surface area contributed by atoms with Gasteiger partial charge in [0.25, 0.3) is 0 Å². The Labute approximate surface area is 101 Å². The van der Waals surface area contributed by atoms with Crippen molar-refractivity contribution in [1.29, 1.82) is 5.26 Å². The molecule has 0 saturated heterocycles. The fourth-order valence-electron chi connectivity index (χ4n) is 2.68. The number of rotatable bonds is 2. The minimum Gasteiger partial charge on any atom is -0.478 e. The van der Waals surface area contributed by atoms with Gasteiger partial charge in [0, 0.05) is 0 Å². The van der Waals surface area contributed by atoms with E-state index < -0.39 is 11.4 Å². The Morgan fingerprint density at radius 3 is 2.47 bits per heavy atom. The van der Waals surface area contributed by atoms with Crippen LogP contribution in [0.2, 0.25) is 0 Å². The van der Waals surface area contributed by atoms with E-state index in [1.165, 1.54) is 0 Å². The minimum atomic E-state index is -0.944. The molecule has 1 aromatic carbocycles. The van der Waals surface area contributed by atoms with Crippen molar-refractivity contribution >= 4 is 5.97 Å². The first-order valence-electron chi connectivity index (χ1n) is 5.94. The molecular weight excluding hydrogens is 214 g/mol. The van der Waals surface area contributed by atoms with E-state index in [2.05, 4.69) is 6.07 Å². The third kappa shape index (κ3) is 2.03. The summed E-state index contributed by atoms with van der Waals surface area (Å²) in [5.41, 5.74) is 0.374. The molecule has 2 rings (SSSR count). The highest BCUT2D eigenvalue weighted by Gasteiger charge is 2.36. The molecule has 1 fully saturated rings. The number of nitriles is 1. The highest BCUT2D eigenvalue weighted by molar-refractivity contribution is 5.90. The van der Waals surface area contributed by atoms with Crippen molar-refractivity contribution in [2.75, 3.05) is 0 Å². The molecular formula is C14H15NO2. The summed E-state index contributed by atoms with van der Waals surface area (Å²) in [6.45, 7) is 0. The molecule has 0 unspecified atom stereocenters. The fourth-order valence-corrected chi connectivity index (χ4v) is 2.68. The van der Waals surface area contributed by atoms with Crippen molar-refractivity contribution in [1.82, 2.24) is 0 Å². The first-order valence-corrected chi connectivity index (χ1v) is 5.94. The molecule has 0 radical (unpaired) electrons. The molecule has 17 heavy (non-hydrogen) atoms. The second-order valence-corrected chi connectivity index (χ2v) is 4.61. The number of aromatic carboxylic acids is 1. The maximum absolute atomic E-state index is 11.2. The Morgan fingerprint density at radius 1 is 1.24 bits per heavy atom. The number of carbonyl (C=O) groups is 1. The average Bonchev–Trinajstić information content (AvgIpc) is 2.39. The van der Waals surface area contributed by atoms with Crippen LogP contribution in [0.25, 0.3) is 0 Å². The second-order valence-electron chi connectivity index (χ2n) is 4.61. The maximum atomic E-state index is 11.2. The van der Waals surface area contributed by atoms with Gasteiger partial charge in [0.05, 0.1) is 17.0 Å². The van der Waals surface area contributed by atoms with E-state index in [-0.39, 0.29) is 5.56 Å². The zero-order valence-electron chi connectivity index (χ0n) is 9.65. The molecule has 1 N–H and O–H groups in total. The number of hydrogen-bond donors (Lipinski definition) is 1. The lowest BCUT2D eigenvalue weighted by Crippen LogP contribution is -2.29. The van der Waals surface area contributed by atoms with Crippen LogP contribution >= 0.6 is 0 Å². The van der Waals surface area contributed by atoms with Gasteiger partial charge in [0.15, 0.2) is 0 Å². The molecule has 0 aromatic heterocycles. The molecule has 1 aliphatic rings. The van der Waals surface area contributed by atoms with Gasteiger partial charge >= 0.3 is 5.97 Å². The number of nitrogens with zero attached hydrogens (tertiary/aromatic N) is 1. The summed E-state index contributed by atoms with van der Waals surface area (Å²) in [5.74, 6) is -0.944. The molecule has 88 valence electrons. The van der Waals surface area contributed by atoms with Crippen LogP contribution in [0.3, 0.4) is 0 Å². The van der Waals surface area contributed by atoms with Crippen LogP contribution in [0.1, 0.15) is 48.0 Å². The predicted octanol–water partition coefficient (Wildman–Crippen LogP) is 3.11. The summed E-state index contributed by atoms with van der Waals surface area (Å²) in [7, 11) is 0. The maximum Gasteiger partial charge on any atom is 0.336 e. The van der Waals surface area contributed by atoms with E-state index in [4.69, 9.17) is 0 Å².